The van der Waals surface area contributed by atoms with Crippen LogP contribution in [-0.4, -0.2) is 39.7 Å². The molecule has 6 nitrogen and oxygen atoms in total. The van der Waals surface area contributed by atoms with Crippen LogP contribution in [0.3, 0.4) is 0 Å². The molecule has 0 spiro atoms. The van der Waals surface area contributed by atoms with Crippen LogP contribution >= 0.6 is 0 Å². The number of ether oxygens (including phenoxy) is 1. The number of carbonyl (C=O) groups is 1. The van der Waals surface area contributed by atoms with Crippen molar-refractivity contribution in [1.82, 2.24) is 0 Å². The number of hydrogen-bond acceptors (Lipinski definition) is 5. The lowest BCUT2D eigenvalue weighted by Gasteiger charge is -2.27. The summed E-state index contributed by atoms with van der Waals surface area (Å²) in [6.45, 7) is 4.74. The van der Waals surface area contributed by atoms with E-state index in [9.17, 15) is 14.9 Å². The van der Waals surface area contributed by atoms with Gasteiger partial charge in [0, 0.05) is 31.2 Å². The minimum atomic E-state index is -1.96. The molecule has 0 N–H and O–H groups in total. The first-order valence-corrected chi connectivity index (χ1v) is 13.0. The topological polar surface area (TPSA) is 72.7 Å². The molecule has 0 bridgehead atoms. The normalized spacial score (nSPS) is 11.3. The van der Waals surface area contributed by atoms with Gasteiger partial charge in [-0.1, -0.05) is 55.6 Å². The highest BCUT2D eigenvalue weighted by Gasteiger charge is 2.28. The lowest BCUT2D eigenvalue weighted by Crippen LogP contribution is -2.43. The Kier molecular flexibility index (Phi) is 6.22. The van der Waals surface area contributed by atoms with Crippen LogP contribution < -0.4 is 10.1 Å². The van der Waals surface area contributed by atoms with Gasteiger partial charge in [-0.25, -0.2) is 4.79 Å². The molecule has 0 fully saturated rings. The summed E-state index contributed by atoms with van der Waals surface area (Å²) in [5.74, 6) is -0.654. The van der Waals surface area contributed by atoms with Crippen LogP contribution in [0.1, 0.15) is 10.4 Å². The molecule has 0 unspecified atom stereocenters. The van der Waals surface area contributed by atoms with Gasteiger partial charge in [-0.05, 0) is 28.7 Å². The summed E-state index contributed by atoms with van der Waals surface area (Å²) < 4.78 is 5.45. The van der Waals surface area contributed by atoms with Crippen molar-refractivity contribution in [3.63, 3.8) is 0 Å². The summed E-state index contributed by atoms with van der Waals surface area (Å²) >= 11 is 0. The van der Waals surface area contributed by atoms with Gasteiger partial charge in [0.05, 0.1) is 19.6 Å². The van der Waals surface area contributed by atoms with E-state index in [0.717, 1.165) is 6.04 Å². The van der Waals surface area contributed by atoms with E-state index in [4.69, 9.17) is 4.74 Å². The molecule has 3 rings (SSSR count). The molecular formula is C23H26N2O4Si. The maximum absolute atomic E-state index is 12.4. The zero-order valence-electron chi connectivity index (χ0n) is 17.7. The molecule has 7 heteroatoms. The first-order chi connectivity index (χ1) is 14.2. The molecule has 0 saturated carbocycles. The second-order valence-electron chi connectivity index (χ2n) is 8.12. The fraction of sp³-hybridized carbons (Fsp3) is 0.261. The third-order valence-electron chi connectivity index (χ3n) is 5.37. The van der Waals surface area contributed by atoms with Crippen LogP contribution in [0, 0.1) is 10.1 Å². The Morgan fingerprint density at radius 3 is 2.37 bits per heavy atom. The van der Waals surface area contributed by atoms with E-state index < -0.39 is 19.0 Å². The average molecular weight is 423 g/mol. The molecule has 3 aromatic carbocycles. The van der Waals surface area contributed by atoms with E-state index in [1.165, 1.54) is 39.8 Å². The third kappa shape index (κ3) is 4.36. The van der Waals surface area contributed by atoms with Gasteiger partial charge >= 0.3 is 5.97 Å². The summed E-state index contributed by atoms with van der Waals surface area (Å²) in [5, 5.41) is 14.9. The number of benzene rings is 3. The van der Waals surface area contributed by atoms with Crippen molar-refractivity contribution in [2.75, 3.05) is 25.6 Å². The van der Waals surface area contributed by atoms with Crippen molar-refractivity contribution in [2.45, 2.75) is 19.1 Å². The first kappa shape index (κ1) is 21.5. The van der Waals surface area contributed by atoms with Gasteiger partial charge in [0.15, 0.2) is 0 Å². The lowest BCUT2D eigenvalue weighted by atomic mass is 10.1. The predicted molar refractivity (Wildman–Crippen MR) is 124 cm³/mol. The highest BCUT2D eigenvalue weighted by molar-refractivity contribution is 6.91. The van der Waals surface area contributed by atoms with Gasteiger partial charge in [-0.15, -0.1) is 0 Å². The molecule has 156 valence electrons. The fourth-order valence-corrected chi connectivity index (χ4v) is 6.05. The van der Waals surface area contributed by atoms with Gasteiger partial charge in [0.25, 0.3) is 5.69 Å². The van der Waals surface area contributed by atoms with E-state index in [-0.39, 0.29) is 17.9 Å². The van der Waals surface area contributed by atoms with Crippen molar-refractivity contribution in [3.05, 3.63) is 76.3 Å². The molecule has 0 aliphatic carbocycles. The first-order valence-electron chi connectivity index (χ1n) is 9.82. The zero-order valence-corrected chi connectivity index (χ0v) is 18.7. The number of nitro benzene ring substituents is 1. The summed E-state index contributed by atoms with van der Waals surface area (Å²) in [5.41, 5.74) is 0.922. The number of nitrogens with zero attached hydrogens (tertiary/aromatic N) is 2. The van der Waals surface area contributed by atoms with Crippen molar-refractivity contribution in [1.29, 1.82) is 0 Å². The molecule has 0 aliphatic rings. The molecule has 0 atom stereocenters. The Labute approximate surface area is 177 Å². The molecule has 30 heavy (non-hydrogen) atoms. The van der Waals surface area contributed by atoms with E-state index in [1.54, 1.807) is 6.07 Å². The maximum atomic E-state index is 12.4. The SMILES string of the molecule is CN(C)c1cccc2cccc([Si](C)(C)CCOC(=O)c3ccccc3[N+](=O)[O-])c12. The second-order valence-corrected chi connectivity index (χ2v) is 12.9. The lowest BCUT2D eigenvalue weighted by molar-refractivity contribution is -0.385. The highest BCUT2D eigenvalue weighted by atomic mass is 28.3. The zero-order chi connectivity index (χ0) is 21.9. The standard InChI is InChI=1S/C23H26N2O4Si/c1-24(2)20-13-7-9-17-10-8-14-21(22(17)20)30(3,4)16-15-29-23(26)18-11-5-6-12-19(18)25(27)28/h5-14H,15-16H2,1-4H3. The maximum Gasteiger partial charge on any atom is 0.345 e. The Morgan fingerprint density at radius 1 is 1.03 bits per heavy atom. The Balaban J connectivity index is 1.82. The van der Waals surface area contributed by atoms with E-state index in [2.05, 4.69) is 54.4 Å². The van der Waals surface area contributed by atoms with Crippen molar-refractivity contribution in [3.8, 4) is 0 Å². The van der Waals surface area contributed by atoms with Gasteiger partial charge in [0.1, 0.15) is 5.56 Å². The van der Waals surface area contributed by atoms with Crippen LogP contribution in [0.4, 0.5) is 11.4 Å². The van der Waals surface area contributed by atoms with Gasteiger partial charge in [0.2, 0.25) is 0 Å². The average Bonchev–Trinajstić information content (AvgIpc) is 2.72. The smallest absolute Gasteiger partial charge is 0.345 e. The van der Waals surface area contributed by atoms with E-state index >= 15 is 0 Å². The number of esters is 1. The molecule has 0 saturated heterocycles. The minimum Gasteiger partial charge on any atom is -0.462 e. The summed E-state index contributed by atoms with van der Waals surface area (Å²) in [4.78, 5) is 25.1. The van der Waals surface area contributed by atoms with Crippen molar-refractivity contribution >= 4 is 41.4 Å². The number of carbonyl (C=O) groups excluding carboxylic acids is 1. The number of para-hydroxylation sites is 1. The number of nitro groups is 1. The molecule has 0 aliphatic heterocycles. The minimum absolute atomic E-state index is 0.0120. The predicted octanol–water partition coefficient (Wildman–Crippen LogP) is 4.59. The Morgan fingerprint density at radius 2 is 1.70 bits per heavy atom. The largest absolute Gasteiger partial charge is 0.462 e. The quantitative estimate of drug-likeness (QED) is 0.241. The Bertz CT molecular complexity index is 1090. The second kappa shape index (κ2) is 8.67. The fourth-order valence-electron chi connectivity index (χ4n) is 3.67. The number of rotatable bonds is 7. The van der Waals surface area contributed by atoms with Crippen molar-refractivity contribution in [2.24, 2.45) is 0 Å². The van der Waals surface area contributed by atoms with E-state index in [1.807, 2.05) is 14.1 Å². The van der Waals surface area contributed by atoms with Crippen LogP contribution in [0.25, 0.3) is 10.8 Å². The summed E-state index contributed by atoms with van der Waals surface area (Å²) in [6.07, 6.45) is 0. The molecule has 0 aromatic heterocycles. The summed E-state index contributed by atoms with van der Waals surface area (Å²) in [7, 11) is 2.11. The molecule has 0 radical (unpaired) electrons. The van der Waals surface area contributed by atoms with E-state index in [0.29, 0.717) is 0 Å². The van der Waals surface area contributed by atoms with Gasteiger partial charge in [-0.2, -0.15) is 0 Å². The van der Waals surface area contributed by atoms with Gasteiger partial charge < -0.3 is 9.64 Å². The van der Waals surface area contributed by atoms with Crippen LogP contribution in [0.15, 0.2) is 60.7 Å². The summed E-state index contributed by atoms with van der Waals surface area (Å²) in [6, 6.07) is 19.3. The number of anilines is 1. The number of hydrogen-bond donors (Lipinski definition) is 0. The molecule has 0 amide bonds. The van der Waals surface area contributed by atoms with Crippen LogP contribution in [0.5, 0.6) is 0 Å². The molecule has 3 aromatic rings. The van der Waals surface area contributed by atoms with Crippen molar-refractivity contribution < 1.29 is 14.5 Å². The third-order valence-corrected chi connectivity index (χ3v) is 8.70. The monoisotopic (exact) mass is 422 g/mol. The Hall–Kier alpha value is -3.19. The highest BCUT2D eigenvalue weighted by Crippen LogP contribution is 2.27. The number of fused-ring (bicyclic) bond motifs is 1. The van der Waals surface area contributed by atoms with Gasteiger partial charge in [-0.3, -0.25) is 10.1 Å². The van der Waals surface area contributed by atoms with Crippen LogP contribution in [0.2, 0.25) is 19.1 Å². The van der Waals surface area contributed by atoms with Crippen LogP contribution in [-0.2, 0) is 4.74 Å². The molecular weight excluding hydrogens is 396 g/mol. The molecule has 0 heterocycles.